The maximum absolute atomic E-state index is 6.14. The molecule has 1 fully saturated rings. The topological polar surface area (TPSA) is 65.4 Å². The van der Waals surface area contributed by atoms with Crippen LogP contribution in [0.5, 0.6) is 5.88 Å². The summed E-state index contributed by atoms with van der Waals surface area (Å²) in [7, 11) is 0. The minimum absolute atomic E-state index is 0.184. The van der Waals surface area contributed by atoms with Crippen LogP contribution in [0.2, 0.25) is 0 Å². The van der Waals surface area contributed by atoms with Crippen molar-refractivity contribution >= 4 is 11.5 Å². The predicted octanol–water partition coefficient (Wildman–Crippen LogP) is 2.91. The van der Waals surface area contributed by atoms with Crippen molar-refractivity contribution in [1.82, 2.24) is 14.4 Å². The Morgan fingerprint density at radius 1 is 1.40 bits per heavy atom. The molecule has 5 nitrogen and oxygen atoms in total. The smallest absolute Gasteiger partial charge is 0.260 e. The van der Waals surface area contributed by atoms with Gasteiger partial charge in [0.1, 0.15) is 11.9 Å². The average Bonchev–Trinajstić information content (AvgIpc) is 2.73. The molecular formula is C15H22N4O. The van der Waals surface area contributed by atoms with Gasteiger partial charge in [-0.3, -0.25) is 4.40 Å². The van der Waals surface area contributed by atoms with E-state index in [1.54, 1.807) is 12.4 Å². The number of aromatic nitrogens is 3. The lowest BCUT2D eigenvalue weighted by atomic mass is 9.71. The molecule has 2 aromatic rings. The molecule has 1 saturated carbocycles. The largest absolute Gasteiger partial charge is 0.472 e. The Balaban J connectivity index is 1.87. The van der Waals surface area contributed by atoms with E-state index in [-0.39, 0.29) is 6.10 Å². The van der Waals surface area contributed by atoms with E-state index in [0.29, 0.717) is 23.0 Å². The molecule has 0 bridgehead atoms. The summed E-state index contributed by atoms with van der Waals surface area (Å²) in [6, 6.07) is 0. The maximum Gasteiger partial charge on any atom is 0.260 e. The Morgan fingerprint density at radius 3 is 2.95 bits per heavy atom. The molecule has 5 heteroatoms. The molecule has 0 aromatic carbocycles. The molecule has 0 saturated heterocycles. The van der Waals surface area contributed by atoms with Gasteiger partial charge in [0.15, 0.2) is 0 Å². The molecule has 2 atom stereocenters. The molecule has 2 heterocycles. The highest BCUT2D eigenvalue weighted by molar-refractivity contribution is 5.52. The second-order valence-corrected chi connectivity index (χ2v) is 6.78. The van der Waals surface area contributed by atoms with Crippen LogP contribution in [0, 0.1) is 11.3 Å². The summed E-state index contributed by atoms with van der Waals surface area (Å²) in [5.74, 6) is 1.67. The number of nitrogens with zero attached hydrogens (tertiary/aromatic N) is 3. The lowest BCUT2D eigenvalue weighted by molar-refractivity contribution is 0.0540. The number of rotatable bonds is 2. The maximum atomic E-state index is 6.14. The number of fused-ring (bicyclic) bond motifs is 1. The zero-order chi connectivity index (χ0) is 14.3. The first-order valence-corrected chi connectivity index (χ1v) is 7.19. The first kappa shape index (κ1) is 13.2. The van der Waals surface area contributed by atoms with Crippen molar-refractivity contribution in [3.63, 3.8) is 0 Å². The summed E-state index contributed by atoms with van der Waals surface area (Å²) in [5, 5.41) is 0. The molecule has 1 aliphatic carbocycles. The molecule has 0 aliphatic heterocycles. The summed E-state index contributed by atoms with van der Waals surface area (Å²) < 4.78 is 8.00. The van der Waals surface area contributed by atoms with Gasteiger partial charge in [-0.15, -0.1) is 0 Å². The van der Waals surface area contributed by atoms with E-state index >= 15 is 0 Å². The molecule has 2 aromatic heterocycles. The fraction of sp³-hybridized carbons (Fsp3) is 0.600. The third kappa shape index (κ3) is 2.57. The quantitative estimate of drug-likeness (QED) is 0.914. The van der Waals surface area contributed by atoms with E-state index in [9.17, 15) is 0 Å². The Bertz CT molecular complexity index is 619. The van der Waals surface area contributed by atoms with Crippen molar-refractivity contribution in [2.45, 2.75) is 46.1 Å². The second kappa shape index (κ2) is 4.65. The van der Waals surface area contributed by atoms with Gasteiger partial charge in [-0.2, -0.15) is 4.98 Å². The highest BCUT2D eigenvalue weighted by atomic mass is 16.5. The molecule has 0 amide bonds. The summed E-state index contributed by atoms with van der Waals surface area (Å²) in [6.45, 7) is 6.89. The average molecular weight is 274 g/mol. The van der Waals surface area contributed by atoms with Gasteiger partial charge in [0.05, 0.1) is 6.20 Å². The predicted molar refractivity (Wildman–Crippen MR) is 78.6 cm³/mol. The van der Waals surface area contributed by atoms with Crippen LogP contribution in [-0.4, -0.2) is 20.5 Å². The molecule has 2 unspecified atom stereocenters. The molecule has 0 radical (unpaired) electrons. The van der Waals surface area contributed by atoms with Crippen LogP contribution in [0.15, 0.2) is 18.6 Å². The number of ether oxygens (including phenoxy) is 1. The fourth-order valence-electron chi connectivity index (χ4n) is 3.51. The normalized spacial score (nSPS) is 25.8. The number of hydrogen-bond acceptors (Lipinski definition) is 4. The number of nitrogen functional groups attached to an aromatic ring is 1. The zero-order valence-electron chi connectivity index (χ0n) is 12.3. The second-order valence-electron chi connectivity index (χ2n) is 6.78. The van der Waals surface area contributed by atoms with Crippen LogP contribution >= 0.6 is 0 Å². The number of nitrogens with two attached hydrogens (primary N) is 1. The van der Waals surface area contributed by atoms with Crippen molar-refractivity contribution in [2.75, 3.05) is 5.73 Å². The van der Waals surface area contributed by atoms with Crippen LogP contribution in [0.4, 0.5) is 5.82 Å². The van der Waals surface area contributed by atoms with E-state index in [1.807, 2.05) is 10.6 Å². The Labute approximate surface area is 119 Å². The van der Waals surface area contributed by atoms with Crippen molar-refractivity contribution in [3.8, 4) is 5.88 Å². The Morgan fingerprint density at radius 2 is 2.20 bits per heavy atom. The Kier molecular flexibility index (Phi) is 3.07. The van der Waals surface area contributed by atoms with Crippen LogP contribution in [0.3, 0.4) is 0 Å². The fourth-order valence-corrected chi connectivity index (χ4v) is 3.51. The SMILES string of the molecule is CC1CC(Oc2nc(N)cn3ccnc23)CC(C)(C)C1. The number of imidazole rings is 1. The molecule has 3 rings (SSSR count). The highest BCUT2D eigenvalue weighted by Gasteiger charge is 2.33. The summed E-state index contributed by atoms with van der Waals surface area (Å²) in [5.41, 5.74) is 6.88. The third-order valence-corrected chi connectivity index (χ3v) is 3.99. The van der Waals surface area contributed by atoms with E-state index in [1.165, 1.54) is 6.42 Å². The van der Waals surface area contributed by atoms with Crippen LogP contribution < -0.4 is 10.5 Å². The van der Waals surface area contributed by atoms with Gasteiger partial charge < -0.3 is 10.5 Å². The van der Waals surface area contributed by atoms with Gasteiger partial charge in [0.2, 0.25) is 5.65 Å². The van der Waals surface area contributed by atoms with Gasteiger partial charge in [-0.1, -0.05) is 20.8 Å². The highest BCUT2D eigenvalue weighted by Crippen LogP contribution is 2.40. The Hall–Kier alpha value is -1.78. The van der Waals surface area contributed by atoms with Gasteiger partial charge in [0, 0.05) is 12.4 Å². The summed E-state index contributed by atoms with van der Waals surface area (Å²) >= 11 is 0. The zero-order valence-corrected chi connectivity index (χ0v) is 12.3. The molecular weight excluding hydrogens is 252 g/mol. The molecule has 0 spiro atoms. The molecule has 108 valence electrons. The monoisotopic (exact) mass is 274 g/mol. The van der Waals surface area contributed by atoms with Crippen LogP contribution in [0.1, 0.15) is 40.0 Å². The lowest BCUT2D eigenvalue weighted by Gasteiger charge is -2.38. The van der Waals surface area contributed by atoms with Gasteiger partial charge in [-0.25, -0.2) is 4.98 Å². The minimum atomic E-state index is 0.184. The molecule has 2 N–H and O–H groups in total. The first-order chi connectivity index (χ1) is 9.43. The van der Waals surface area contributed by atoms with E-state index in [0.717, 1.165) is 18.5 Å². The minimum Gasteiger partial charge on any atom is -0.472 e. The van der Waals surface area contributed by atoms with Crippen LogP contribution in [0.25, 0.3) is 5.65 Å². The van der Waals surface area contributed by atoms with Crippen molar-refractivity contribution in [1.29, 1.82) is 0 Å². The standard InChI is InChI=1S/C15H22N4O/c1-10-6-11(8-15(2,3)7-10)20-14-13-17-4-5-19(13)9-12(16)18-14/h4-5,9-11H,6-8,16H2,1-3H3. The van der Waals surface area contributed by atoms with E-state index < -0.39 is 0 Å². The van der Waals surface area contributed by atoms with Crippen molar-refractivity contribution in [3.05, 3.63) is 18.6 Å². The molecule has 20 heavy (non-hydrogen) atoms. The summed E-state index contributed by atoms with van der Waals surface area (Å²) in [6.07, 6.45) is 8.87. The molecule has 1 aliphatic rings. The van der Waals surface area contributed by atoms with Crippen molar-refractivity contribution in [2.24, 2.45) is 11.3 Å². The van der Waals surface area contributed by atoms with E-state index in [4.69, 9.17) is 10.5 Å². The lowest BCUT2D eigenvalue weighted by Crippen LogP contribution is -2.34. The van der Waals surface area contributed by atoms with Crippen LogP contribution in [-0.2, 0) is 0 Å². The van der Waals surface area contributed by atoms with Gasteiger partial charge in [-0.05, 0) is 30.6 Å². The van der Waals surface area contributed by atoms with Gasteiger partial charge >= 0.3 is 0 Å². The first-order valence-electron chi connectivity index (χ1n) is 7.19. The van der Waals surface area contributed by atoms with Crippen molar-refractivity contribution < 1.29 is 4.74 Å². The van der Waals surface area contributed by atoms with Gasteiger partial charge in [0.25, 0.3) is 5.88 Å². The number of anilines is 1. The number of hydrogen-bond donors (Lipinski definition) is 1. The summed E-state index contributed by atoms with van der Waals surface area (Å²) in [4.78, 5) is 8.61. The van der Waals surface area contributed by atoms with E-state index in [2.05, 4.69) is 30.7 Å². The third-order valence-electron chi connectivity index (χ3n) is 3.99.